The van der Waals surface area contributed by atoms with Crippen molar-refractivity contribution in [1.29, 1.82) is 0 Å². The molecule has 1 heterocycles. The molecule has 4 rings (SSSR count). The highest BCUT2D eigenvalue weighted by molar-refractivity contribution is 5.56. The van der Waals surface area contributed by atoms with E-state index in [0.717, 1.165) is 6.54 Å². The molecular weight excluding hydrogens is 242 g/mol. The van der Waals surface area contributed by atoms with Gasteiger partial charge in [-0.2, -0.15) is 0 Å². The zero-order valence-electron chi connectivity index (χ0n) is 12.5. The monoisotopic (exact) mass is 265 g/mol. The Hall–Kier alpha value is -1.34. The second kappa shape index (κ2) is 4.33. The van der Waals surface area contributed by atoms with Crippen LogP contribution < -0.4 is 5.32 Å². The van der Waals surface area contributed by atoms with Crippen molar-refractivity contribution in [3.63, 3.8) is 0 Å². The van der Waals surface area contributed by atoms with Gasteiger partial charge in [0, 0.05) is 11.5 Å². The van der Waals surface area contributed by atoms with Crippen molar-refractivity contribution in [3.05, 3.63) is 58.2 Å². The molecule has 2 bridgehead atoms. The van der Waals surface area contributed by atoms with Gasteiger partial charge in [0.1, 0.15) is 0 Å². The van der Waals surface area contributed by atoms with Crippen LogP contribution in [0.3, 0.4) is 0 Å². The number of benzene rings is 1. The number of nitrogens with one attached hydrogen (secondary N) is 1. The second-order valence-corrected chi connectivity index (χ2v) is 6.63. The quantitative estimate of drug-likeness (QED) is 0.814. The number of piperidine rings is 1. The maximum absolute atomic E-state index is 3.74. The summed E-state index contributed by atoms with van der Waals surface area (Å²) in [6.45, 7) is 5.76. The van der Waals surface area contributed by atoms with E-state index in [2.05, 4.69) is 49.5 Å². The van der Waals surface area contributed by atoms with Gasteiger partial charge >= 0.3 is 0 Å². The van der Waals surface area contributed by atoms with Crippen molar-refractivity contribution in [2.24, 2.45) is 0 Å². The van der Waals surface area contributed by atoms with E-state index in [-0.39, 0.29) is 0 Å². The Morgan fingerprint density at radius 1 is 1.30 bits per heavy atom. The fourth-order valence-electron chi connectivity index (χ4n) is 4.75. The van der Waals surface area contributed by atoms with Crippen molar-refractivity contribution in [2.75, 3.05) is 6.54 Å². The first-order valence-electron chi connectivity index (χ1n) is 7.97. The van der Waals surface area contributed by atoms with Crippen molar-refractivity contribution in [3.8, 4) is 0 Å². The largest absolute Gasteiger partial charge is 0.310 e. The highest BCUT2D eigenvalue weighted by atomic mass is 14.9. The zero-order valence-corrected chi connectivity index (χ0v) is 12.5. The Balaban J connectivity index is 1.97. The van der Waals surface area contributed by atoms with Gasteiger partial charge in [-0.15, -0.1) is 0 Å². The van der Waals surface area contributed by atoms with Gasteiger partial charge in [0.25, 0.3) is 0 Å². The van der Waals surface area contributed by atoms with Crippen LogP contribution in [0.4, 0.5) is 0 Å². The molecule has 1 nitrogen and oxygen atoms in total. The van der Waals surface area contributed by atoms with Gasteiger partial charge in [-0.25, -0.2) is 0 Å². The Kier molecular flexibility index (Phi) is 2.68. The van der Waals surface area contributed by atoms with Crippen LogP contribution in [0.5, 0.6) is 0 Å². The minimum absolute atomic E-state index is 0.301. The molecule has 104 valence electrons. The molecule has 2 atom stereocenters. The Morgan fingerprint density at radius 3 is 3.05 bits per heavy atom. The third kappa shape index (κ3) is 1.53. The van der Waals surface area contributed by atoms with E-state index in [1.54, 1.807) is 22.3 Å². The van der Waals surface area contributed by atoms with Crippen LogP contribution in [0.15, 0.2) is 41.5 Å². The lowest BCUT2D eigenvalue weighted by Gasteiger charge is -2.52. The molecule has 1 aromatic carbocycles. The molecule has 1 aliphatic heterocycles. The van der Waals surface area contributed by atoms with Gasteiger partial charge in [-0.3, -0.25) is 0 Å². The molecule has 0 spiro atoms. The molecular formula is C19H23N. The lowest BCUT2D eigenvalue weighted by molar-refractivity contribution is 0.312. The van der Waals surface area contributed by atoms with E-state index in [9.17, 15) is 0 Å². The number of hydrogen-bond acceptors (Lipinski definition) is 1. The molecule has 1 N–H and O–H groups in total. The smallest absolute Gasteiger partial charge is 0.0332 e. The van der Waals surface area contributed by atoms with Crippen LogP contribution >= 0.6 is 0 Å². The van der Waals surface area contributed by atoms with E-state index in [1.165, 1.54) is 31.2 Å². The first kappa shape index (κ1) is 12.4. The molecule has 0 saturated carbocycles. The van der Waals surface area contributed by atoms with Gasteiger partial charge in [0.05, 0.1) is 0 Å². The average molecular weight is 265 g/mol. The first-order chi connectivity index (χ1) is 9.74. The summed E-state index contributed by atoms with van der Waals surface area (Å²) < 4.78 is 0. The molecule has 1 fully saturated rings. The second-order valence-electron chi connectivity index (χ2n) is 6.63. The average Bonchev–Trinajstić information content (AvgIpc) is 2.46. The van der Waals surface area contributed by atoms with E-state index in [1.807, 2.05) is 0 Å². The van der Waals surface area contributed by atoms with Crippen LogP contribution in [-0.4, -0.2) is 12.6 Å². The summed E-state index contributed by atoms with van der Waals surface area (Å²) in [6.07, 6.45) is 9.67. The summed E-state index contributed by atoms with van der Waals surface area (Å²) in [5.41, 5.74) is 8.30. The SMILES string of the molecule is CCC1=CC=C2C3Cc4cccc(C)c4C2(CCN3)C1. The lowest BCUT2D eigenvalue weighted by atomic mass is 9.56. The third-order valence-corrected chi connectivity index (χ3v) is 5.61. The molecule has 3 aliphatic rings. The topological polar surface area (TPSA) is 12.0 Å². The van der Waals surface area contributed by atoms with Crippen LogP contribution in [-0.2, 0) is 11.8 Å². The molecule has 0 radical (unpaired) electrons. The number of allylic oxidation sites excluding steroid dienone is 3. The summed E-state index contributed by atoms with van der Waals surface area (Å²) in [6, 6.07) is 7.45. The molecule has 1 aromatic rings. The molecule has 1 heteroatoms. The highest BCUT2D eigenvalue weighted by Gasteiger charge is 2.48. The third-order valence-electron chi connectivity index (χ3n) is 5.61. The highest BCUT2D eigenvalue weighted by Crippen LogP contribution is 2.52. The van der Waals surface area contributed by atoms with E-state index >= 15 is 0 Å². The Bertz CT molecular complexity index is 623. The maximum atomic E-state index is 3.74. The van der Waals surface area contributed by atoms with Gasteiger partial charge in [0.15, 0.2) is 0 Å². The number of hydrogen-bond donors (Lipinski definition) is 1. The van der Waals surface area contributed by atoms with Gasteiger partial charge < -0.3 is 5.32 Å². The standard InChI is InChI=1S/C19H23N/c1-3-14-7-8-16-17-11-15-6-4-5-13(2)18(15)19(16,12-14)9-10-20-17/h4-8,17,20H,3,9-12H2,1-2H3. The molecule has 0 amide bonds. The van der Waals surface area contributed by atoms with Gasteiger partial charge in [0.2, 0.25) is 0 Å². The normalized spacial score (nSPS) is 31.0. The predicted octanol–water partition coefficient (Wildman–Crippen LogP) is 3.82. The fourth-order valence-corrected chi connectivity index (χ4v) is 4.75. The summed E-state index contributed by atoms with van der Waals surface area (Å²) >= 11 is 0. The summed E-state index contributed by atoms with van der Waals surface area (Å²) in [5, 5.41) is 3.74. The van der Waals surface area contributed by atoms with Gasteiger partial charge in [-0.05, 0) is 61.4 Å². The fraction of sp³-hybridized carbons (Fsp3) is 0.474. The van der Waals surface area contributed by atoms with Gasteiger partial charge in [-0.1, -0.05) is 42.8 Å². The summed E-state index contributed by atoms with van der Waals surface area (Å²) in [5.74, 6) is 0. The summed E-state index contributed by atoms with van der Waals surface area (Å²) in [4.78, 5) is 0. The minimum atomic E-state index is 0.301. The number of rotatable bonds is 1. The molecule has 2 unspecified atom stereocenters. The van der Waals surface area contributed by atoms with Crippen LogP contribution in [0.25, 0.3) is 0 Å². The Morgan fingerprint density at radius 2 is 2.20 bits per heavy atom. The predicted molar refractivity (Wildman–Crippen MR) is 84.0 cm³/mol. The maximum Gasteiger partial charge on any atom is 0.0332 e. The first-order valence-corrected chi connectivity index (χ1v) is 7.97. The van der Waals surface area contributed by atoms with Crippen LogP contribution in [0, 0.1) is 6.92 Å². The van der Waals surface area contributed by atoms with Crippen molar-refractivity contribution in [1.82, 2.24) is 5.32 Å². The molecule has 0 aromatic heterocycles. The van der Waals surface area contributed by atoms with Crippen molar-refractivity contribution in [2.45, 2.75) is 51.0 Å². The molecule has 1 saturated heterocycles. The lowest BCUT2D eigenvalue weighted by Crippen LogP contribution is -2.54. The molecule has 20 heavy (non-hydrogen) atoms. The van der Waals surface area contributed by atoms with Crippen LogP contribution in [0.1, 0.15) is 42.9 Å². The Labute approximate surface area is 121 Å². The van der Waals surface area contributed by atoms with E-state index < -0.39 is 0 Å². The zero-order chi connectivity index (χ0) is 13.7. The number of fused-ring (bicyclic) bond motifs is 1. The van der Waals surface area contributed by atoms with Crippen molar-refractivity contribution < 1.29 is 0 Å². The minimum Gasteiger partial charge on any atom is -0.310 e. The number of aryl methyl sites for hydroxylation is 1. The van der Waals surface area contributed by atoms with E-state index in [0.29, 0.717) is 11.5 Å². The summed E-state index contributed by atoms with van der Waals surface area (Å²) in [7, 11) is 0. The molecule has 2 aliphatic carbocycles. The van der Waals surface area contributed by atoms with Crippen molar-refractivity contribution >= 4 is 0 Å². The van der Waals surface area contributed by atoms with Crippen LogP contribution in [0.2, 0.25) is 0 Å². The van der Waals surface area contributed by atoms with E-state index in [4.69, 9.17) is 0 Å².